The Morgan fingerprint density at radius 1 is 1.05 bits per heavy atom. The summed E-state index contributed by atoms with van der Waals surface area (Å²) in [7, 11) is 0. The van der Waals surface area contributed by atoms with E-state index in [1.165, 1.54) is 62.0 Å². The Bertz CT molecular complexity index is 404. The molecule has 0 radical (unpaired) electrons. The molecular formula is C18H30N2. The van der Waals surface area contributed by atoms with Gasteiger partial charge in [-0.25, -0.2) is 0 Å². The Morgan fingerprint density at radius 2 is 1.70 bits per heavy atom. The zero-order valence-electron chi connectivity index (χ0n) is 13.4. The molecule has 0 bridgehead atoms. The number of aryl methyl sites for hydroxylation is 1. The van der Waals surface area contributed by atoms with E-state index in [0.29, 0.717) is 6.04 Å². The summed E-state index contributed by atoms with van der Waals surface area (Å²) >= 11 is 0. The predicted octanol–water partition coefficient (Wildman–Crippen LogP) is 4.26. The molecule has 1 aromatic carbocycles. The van der Waals surface area contributed by atoms with Crippen LogP contribution in [0.1, 0.15) is 57.1 Å². The average Bonchev–Trinajstić information content (AvgIpc) is 2.37. The van der Waals surface area contributed by atoms with Crippen LogP contribution in [-0.2, 0) is 6.54 Å². The van der Waals surface area contributed by atoms with Crippen LogP contribution >= 0.6 is 0 Å². The Hall–Kier alpha value is -1.02. The van der Waals surface area contributed by atoms with Gasteiger partial charge < -0.3 is 10.2 Å². The molecule has 0 amide bonds. The van der Waals surface area contributed by atoms with Gasteiger partial charge in [-0.2, -0.15) is 0 Å². The second-order valence-corrected chi connectivity index (χ2v) is 6.41. The summed E-state index contributed by atoms with van der Waals surface area (Å²) in [4.78, 5) is 2.59. The second-order valence-electron chi connectivity index (χ2n) is 6.41. The summed E-state index contributed by atoms with van der Waals surface area (Å²) in [5.41, 5.74) is 4.26. The van der Waals surface area contributed by atoms with Crippen molar-refractivity contribution in [3.05, 3.63) is 29.3 Å². The minimum Gasteiger partial charge on any atom is -0.371 e. The van der Waals surface area contributed by atoms with Crippen LogP contribution in [0.3, 0.4) is 0 Å². The zero-order chi connectivity index (χ0) is 14.4. The van der Waals surface area contributed by atoms with Gasteiger partial charge in [0, 0.05) is 31.4 Å². The Morgan fingerprint density at radius 3 is 2.30 bits per heavy atom. The summed E-state index contributed by atoms with van der Waals surface area (Å²) in [5, 5.41) is 3.49. The number of benzene rings is 1. The molecule has 0 spiro atoms. The highest BCUT2D eigenvalue weighted by atomic mass is 15.1. The number of hydrogen-bond acceptors (Lipinski definition) is 2. The SMILES string of the molecule is Cc1cc(CNC(C)C)ccc1N1CCCCCCC1. The van der Waals surface area contributed by atoms with Crippen molar-refractivity contribution in [1.29, 1.82) is 0 Å². The summed E-state index contributed by atoms with van der Waals surface area (Å²) in [6.45, 7) is 10.1. The van der Waals surface area contributed by atoms with E-state index in [9.17, 15) is 0 Å². The first-order valence-corrected chi connectivity index (χ1v) is 8.24. The first-order chi connectivity index (χ1) is 9.66. The second kappa shape index (κ2) is 7.68. The molecule has 1 saturated heterocycles. The molecule has 1 aliphatic heterocycles. The molecule has 1 heterocycles. The molecule has 112 valence electrons. The quantitative estimate of drug-likeness (QED) is 0.882. The van der Waals surface area contributed by atoms with E-state index in [4.69, 9.17) is 0 Å². The molecule has 2 heteroatoms. The van der Waals surface area contributed by atoms with Crippen LogP contribution in [0.5, 0.6) is 0 Å². The standard InChI is InChI=1S/C18H30N2/c1-15(2)19-14-17-9-10-18(16(3)13-17)20-11-7-5-4-6-8-12-20/h9-10,13,15,19H,4-8,11-12,14H2,1-3H3. The zero-order valence-corrected chi connectivity index (χ0v) is 13.4. The van der Waals surface area contributed by atoms with E-state index < -0.39 is 0 Å². The van der Waals surface area contributed by atoms with Crippen LogP contribution in [0.25, 0.3) is 0 Å². The normalized spacial score (nSPS) is 17.1. The van der Waals surface area contributed by atoms with Crippen molar-refractivity contribution in [2.24, 2.45) is 0 Å². The molecule has 1 aromatic rings. The van der Waals surface area contributed by atoms with Gasteiger partial charge in [0.1, 0.15) is 0 Å². The summed E-state index contributed by atoms with van der Waals surface area (Å²) in [5.74, 6) is 0. The third-order valence-electron chi connectivity index (χ3n) is 4.17. The van der Waals surface area contributed by atoms with Gasteiger partial charge in [0.25, 0.3) is 0 Å². The van der Waals surface area contributed by atoms with Crippen LogP contribution in [0.4, 0.5) is 5.69 Å². The highest BCUT2D eigenvalue weighted by Crippen LogP contribution is 2.24. The highest BCUT2D eigenvalue weighted by molar-refractivity contribution is 5.54. The number of nitrogens with zero attached hydrogens (tertiary/aromatic N) is 1. The van der Waals surface area contributed by atoms with Gasteiger partial charge in [-0.3, -0.25) is 0 Å². The molecule has 2 rings (SSSR count). The molecule has 1 fully saturated rings. The lowest BCUT2D eigenvalue weighted by molar-refractivity contribution is 0.556. The lowest BCUT2D eigenvalue weighted by Gasteiger charge is -2.28. The number of anilines is 1. The van der Waals surface area contributed by atoms with Crippen LogP contribution in [-0.4, -0.2) is 19.1 Å². The summed E-state index contributed by atoms with van der Waals surface area (Å²) in [6, 6.07) is 7.51. The van der Waals surface area contributed by atoms with Gasteiger partial charge in [0.2, 0.25) is 0 Å². The lowest BCUT2D eigenvalue weighted by Crippen LogP contribution is -2.27. The van der Waals surface area contributed by atoms with Gasteiger partial charge in [-0.15, -0.1) is 0 Å². The summed E-state index contributed by atoms with van der Waals surface area (Å²) < 4.78 is 0. The number of hydrogen-bond donors (Lipinski definition) is 1. The maximum atomic E-state index is 3.49. The molecule has 0 saturated carbocycles. The average molecular weight is 274 g/mol. The van der Waals surface area contributed by atoms with E-state index in [1.807, 2.05) is 0 Å². The van der Waals surface area contributed by atoms with Gasteiger partial charge >= 0.3 is 0 Å². The minimum absolute atomic E-state index is 0.546. The van der Waals surface area contributed by atoms with Crippen molar-refractivity contribution >= 4 is 5.69 Å². The van der Waals surface area contributed by atoms with E-state index >= 15 is 0 Å². The Balaban J connectivity index is 2.03. The third-order valence-corrected chi connectivity index (χ3v) is 4.17. The van der Waals surface area contributed by atoms with Gasteiger partial charge in [-0.05, 0) is 37.0 Å². The van der Waals surface area contributed by atoms with Crippen LogP contribution < -0.4 is 10.2 Å². The summed E-state index contributed by atoms with van der Waals surface area (Å²) in [6.07, 6.45) is 6.90. The van der Waals surface area contributed by atoms with Gasteiger partial charge in [-0.1, -0.05) is 45.2 Å². The smallest absolute Gasteiger partial charge is 0.0396 e. The maximum Gasteiger partial charge on any atom is 0.0396 e. The molecule has 1 N–H and O–H groups in total. The molecule has 0 aliphatic carbocycles. The Kier molecular flexibility index (Phi) is 5.90. The molecule has 0 atom stereocenters. The van der Waals surface area contributed by atoms with Crippen molar-refractivity contribution in [2.75, 3.05) is 18.0 Å². The fourth-order valence-corrected chi connectivity index (χ4v) is 2.99. The van der Waals surface area contributed by atoms with E-state index in [-0.39, 0.29) is 0 Å². The first-order valence-electron chi connectivity index (χ1n) is 8.24. The minimum atomic E-state index is 0.546. The van der Waals surface area contributed by atoms with Crippen molar-refractivity contribution in [1.82, 2.24) is 5.32 Å². The highest BCUT2D eigenvalue weighted by Gasteiger charge is 2.11. The third kappa shape index (κ3) is 4.52. The molecule has 20 heavy (non-hydrogen) atoms. The van der Waals surface area contributed by atoms with Crippen molar-refractivity contribution in [3.63, 3.8) is 0 Å². The predicted molar refractivity (Wildman–Crippen MR) is 88.5 cm³/mol. The van der Waals surface area contributed by atoms with Crippen molar-refractivity contribution in [2.45, 2.75) is 65.5 Å². The largest absolute Gasteiger partial charge is 0.371 e. The van der Waals surface area contributed by atoms with Crippen LogP contribution in [0.2, 0.25) is 0 Å². The van der Waals surface area contributed by atoms with Gasteiger partial charge in [0.15, 0.2) is 0 Å². The van der Waals surface area contributed by atoms with Crippen molar-refractivity contribution < 1.29 is 0 Å². The fraction of sp³-hybridized carbons (Fsp3) is 0.667. The molecular weight excluding hydrogens is 244 g/mol. The van der Waals surface area contributed by atoms with E-state index in [1.54, 1.807) is 0 Å². The number of nitrogens with one attached hydrogen (secondary N) is 1. The lowest BCUT2D eigenvalue weighted by atomic mass is 10.0. The van der Waals surface area contributed by atoms with Crippen LogP contribution in [0.15, 0.2) is 18.2 Å². The van der Waals surface area contributed by atoms with E-state index in [2.05, 4.69) is 49.2 Å². The van der Waals surface area contributed by atoms with E-state index in [0.717, 1.165) is 6.54 Å². The number of rotatable bonds is 4. The topological polar surface area (TPSA) is 15.3 Å². The van der Waals surface area contributed by atoms with Crippen LogP contribution in [0, 0.1) is 6.92 Å². The fourth-order valence-electron chi connectivity index (χ4n) is 2.99. The molecule has 1 aliphatic rings. The maximum absolute atomic E-state index is 3.49. The van der Waals surface area contributed by atoms with Crippen molar-refractivity contribution in [3.8, 4) is 0 Å². The Labute approximate surface area is 124 Å². The first kappa shape index (κ1) is 15.4. The molecule has 0 unspecified atom stereocenters. The molecule has 2 nitrogen and oxygen atoms in total. The molecule has 0 aromatic heterocycles. The van der Waals surface area contributed by atoms with Gasteiger partial charge in [0.05, 0.1) is 0 Å². The monoisotopic (exact) mass is 274 g/mol.